The summed E-state index contributed by atoms with van der Waals surface area (Å²) >= 11 is 0. The van der Waals surface area contributed by atoms with E-state index in [1.165, 1.54) is 50.3 Å². The van der Waals surface area contributed by atoms with Crippen molar-refractivity contribution in [3.63, 3.8) is 0 Å². The standard InChI is InChI=1S/C27H36N4O3/c1-17(2)23(30-26(33)34-3)25(32)31-15-7-10-22(31)24-28-16-21(29-24)19-8-6-9-20-18(19)11-14-27(20)12-4-5-13-27/h6,8-9,16-17,22-23H,4-5,7,10-15H2,1-3H3,(H,28,29)(H,30,33)/t22-,23-/m0/s1. The molecule has 7 heteroatoms. The van der Waals surface area contributed by atoms with E-state index >= 15 is 0 Å². The van der Waals surface area contributed by atoms with Crippen LogP contribution in [0.1, 0.15) is 81.8 Å². The number of benzene rings is 1. The third-order valence-corrected chi connectivity index (χ3v) is 8.29. The summed E-state index contributed by atoms with van der Waals surface area (Å²) in [5.41, 5.74) is 5.70. The van der Waals surface area contributed by atoms with Crippen molar-refractivity contribution >= 4 is 12.0 Å². The van der Waals surface area contributed by atoms with Gasteiger partial charge < -0.3 is 19.9 Å². The average Bonchev–Trinajstić information content (AvgIpc) is 3.64. The Hall–Kier alpha value is -2.83. The summed E-state index contributed by atoms with van der Waals surface area (Å²) in [5.74, 6) is 0.701. The van der Waals surface area contributed by atoms with Crippen LogP contribution in [0.5, 0.6) is 0 Å². The number of nitrogens with one attached hydrogen (secondary N) is 2. The number of carbonyl (C=O) groups is 2. The summed E-state index contributed by atoms with van der Waals surface area (Å²) in [6, 6.07) is 6.00. The monoisotopic (exact) mass is 464 g/mol. The lowest BCUT2D eigenvalue weighted by molar-refractivity contribution is -0.135. The van der Waals surface area contributed by atoms with Crippen LogP contribution in [-0.4, -0.2) is 46.6 Å². The third-order valence-electron chi connectivity index (χ3n) is 8.29. The van der Waals surface area contributed by atoms with Crippen molar-refractivity contribution in [3.05, 3.63) is 41.3 Å². The molecule has 2 aromatic rings. The summed E-state index contributed by atoms with van der Waals surface area (Å²) in [4.78, 5) is 35.4. The van der Waals surface area contributed by atoms with Crippen molar-refractivity contribution in [2.45, 2.75) is 82.7 Å². The first kappa shape index (κ1) is 22.9. The first-order chi connectivity index (χ1) is 16.4. The fourth-order valence-electron chi connectivity index (χ4n) is 6.51. The van der Waals surface area contributed by atoms with E-state index in [1.54, 1.807) is 5.56 Å². The van der Waals surface area contributed by atoms with E-state index < -0.39 is 12.1 Å². The van der Waals surface area contributed by atoms with Crippen LogP contribution >= 0.6 is 0 Å². The Kier molecular flexibility index (Phi) is 6.13. The van der Waals surface area contributed by atoms with Gasteiger partial charge in [-0.15, -0.1) is 0 Å². The number of amides is 2. The number of methoxy groups -OCH3 is 1. The molecular weight excluding hydrogens is 428 g/mol. The van der Waals surface area contributed by atoms with Crippen molar-refractivity contribution < 1.29 is 14.3 Å². The number of rotatable bonds is 5. The van der Waals surface area contributed by atoms with Crippen LogP contribution in [0.25, 0.3) is 11.3 Å². The number of carbonyl (C=O) groups excluding carboxylic acids is 2. The second-order valence-electron chi connectivity index (χ2n) is 10.5. The Morgan fingerprint density at radius 1 is 1.21 bits per heavy atom. The molecule has 5 rings (SSSR count). The van der Waals surface area contributed by atoms with E-state index in [2.05, 4.69) is 28.5 Å². The quantitative estimate of drug-likeness (QED) is 0.660. The summed E-state index contributed by atoms with van der Waals surface area (Å²) in [5, 5.41) is 2.71. The first-order valence-electron chi connectivity index (χ1n) is 12.8. The highest BCUT2D eigenvalue weighted by Crippen LogP contribution is 2.51. The predicted octanol–water partition coefficient (Wildman–Crippen LogP) is 4.88. The number of H-pyrrole nitrogens is 1. The van der Waals surface area contributed by atoms with E-state index in [1.807, 2.05) is 24.9 Å². The maximum Gasteiger partial charge on any atom is 0.407 e. The fraction of sp³-hybridized carbons (Fsp3) is 0.593. The molecule has 2 atom stereocenters. The molecule has 182 valence electrons. The van der Waals surface area contributed by atoms with Crippen molar-refractivity contribution in [2.75, 3.05) is 13.7 Å². The van der Waals surface area contributed by atoms with Gasteiger partial charge in [0.15, 0.2) is 0 Å². The zero-order valence-corrected chi connectivity index (χ0v) is 20.5. The first-order valence-corrected chi connectivity index (χ1v) is 12.8. The summed E-state index contributed by atoms with van der Waals surface area (Å²) in [6.07, 6.45) is 10.8. The molecule has 2 N–H and O–H groups in total. The van der Waals surface area contributed by atoms with Crippen molar-refractivity contribution in [1.82, 2.24) is 20.2 Å². The summed E-state index contributed by atoms with van der Waals surface area (Å²) < 4.78 is 4.74. The molecule has 1 aliphatic heterocycles. The summed E-state index contributed by atoms with van der Waals surface area (Å²) in [6.45, 7) is 4.53. The van der Waals surface area contributed by atoms with Gasteiger partial charge in [-0.25, -0.2) is 9.78 Å². The Balaban J connectivity index is 1.39. The molecule has 2 amide bonds. The number of aromatic nitrogens is 2. The Labute approximate surface area is 201 Å². The van der Waals surface area contributed by atoms with Gasteiger partial charge in [0.1, 0.15) is 11.9 Å². The highest BCUT2D eigenvalue weighted by Gasteiger charge is 2.42. The molecule has 0 radical (unpaired) electrons. The minimum absolute atomic E-state index is 0.0465. The van der Waals surface area contributed by atoms with Crippen LogP contribution in [0, 0.1) is 5.92 Å². The highest BCUT2D eigenvalue weighted by atomic mass is 16.5. The average molecular weight is 465 g/mol. The van der Waals surface area contributed by atoms with Crippen LogP contribution in [0.4, 0.5) is 4.79 Å². The van der Waals surface area contributed by atoms with Crippen LogP contribution < -0.4 is 5.32 Å². The largest absolute Gasteiger partial charge is 0.453 e. The molecule has 34 heavy (non-hydrogen) atoms. The normalized spacial score (nSPS) is 21.8. The zero-order valence-electron chi connectivity index (χ0n) is 20.5. The van der Waals surface area contributed by atoms with Crippen LogP contribution in [0.3, 0.4) is 0 Å². The van der Waals surface area contributed by atoms with Crippen LogP contribution in [0.2, 0.25) is 0 Å². The molecule has 2 aliphatic carbocycles. The van der Waals surface area contributed by atoms with Crippen molar-refractivity contribution in [1.29, 1.82) is 0 Å². The SMILES string of the molecule is COC(=O)N[C@H](C(=O)N1CCC[C@H]1c1ncc(-c2cccc3c2CCC32CCCC2)[nH]1)C(C)C. The minimum atomic E-state index is -0.623. The molecule has 0 unspecified atom stereocenters. The number of nitrogens with zero attached hydrogens (tertiary/aromatic N) is 2. The van der Waals surface area contributed by atoms with Gasteiger partial charge in [0.25, 0.3) is 0 Å². The number of aromatic amines is 1. The molecule has 1 saturated carbocycles. The second kappa shape index (κ2) is 9.08. The van der Waals surface area contributed by atoms with Gasteiger partial charge in [-0.1, -0.05) is 44.9 Å². The molecule has 2 fully saturated rings. The molecule has 7 nitrogen and oxygen atoms in total. The molecule has 1 spiro atoms. The fourth-order valence-corrected chi connectivity index (χ4v) is 6.51. The number of imidazole rings is 1. The molecule has 1 aromatic carbocycles. The van der Waals surface area contributed by atoms with E-state index in [-0.39, 0.29) is 17.9 Å². The number of hydrogen-bond donors (Lipinski definition) is 2. The minimum Gasteiger partial charge on any atom is -0.453 e. The predicted molar refractivity (Wildman–Crippen MR) is 130 cm³/mol. The van der Waals surface area contributed by atoms with Gasteiger partial charge in [-0.3, -0.25) is 4.79 Å². The van der Waals surface area contributed by atoms with E-state index in [0.29, 0.717) is 12.0 Å². The van der Waals surface area contributed by atoms with Crippen LogP contribution in [0.15, 0.2) is 24.4 Å². The Morgan fingerprint density at radius 2 is 2.00 bits per heavy atom. The Bertz CT molecular complexity index is 1070. The number of likely N-dealkylation sites (tertiary alicyclic amines) is 1. The molecule has 0 bridgehead atoms. The van der Waals surface area contributed by atoms with Gasteiger partial charge in [-0.2, -0.15) is 0 Å². The van der Waals surface area contributed by atoms with Crippen molar-refractivity contribution in [2.24, 2.45) is 5.92 Å². The lowest BCUT2D eigenvalue weighted by atomic mass is 9.80. The van der Waals surface area contributed by atoms with E-state index in [4.69, 9.17) is 9.72 Å². The molecular formula is C27H36N4O3. The number of ether oxygens (including phenoxy) is 1. The number of hydrogen-bond acceptors (Lipinski definition) is 4. The van der Waals surface area contributed by atoms with Gasteiger partial charge in [0, 0.05) is 12.1 Å². The lowest BCUT2D eigenvalue weighted by Crippen LogP contribution is -2.51. The number of fused-ring (bicyclic) bond motifs is 2. The molecule has 1 aromatic heterocycles. The van der Waals surface area contributed by atoms with Gasteiger partial charge in [0.05, 0.1) is 25.0 Å². The van der Waals surface area contributed by atoms with Gasteiger partial charge in [0.2, 0.25) is 5.91 Å². The van der Waals surface area contributed by atoms with Gasteiger partial charge in [-0.05, 0) is 61.0 Å². The third kappa shape index (κ3) is 3.89. The van der Waals surface area contributed by atoms with Gasteiger partial charge >= 0.3 is 6.09 Å². The van der Waals surface area contributed by atoms with E-state index in [9.17, 15) is 9.59 Å². The van der Waals surface area contributed by atoms with Crippen LogP contribution in [-0.2, 0) is 21.4 Å². The smallest absolute Gasteiger partial charge is 0.407 e. The maximum absolute atomic E-state index is 13.4. The lowest BCUT2D eigenvalue weighted by Gasteiger charge is -2.30. The maximum atomic E-state index is 13.4. The Morgan fingerprint density at radius 3 is 2.74 bits per heavy atom. The molecule has 2 heterocycles. The highest BCUT2D eigenvalue weighted by molar-refractivity contribution is 5.86. The second-order valence-corrected chi connectivity index (χ2v) is 10.5. The van der Waals surface area contributed by atoms with E-state index in [0.717, 1.165) is 30.8 Å². The topological polar surface area (TPSA) is 87.3 Å². The molecule has 1 saturated heterocycles. The summed E-state index contributed by atoms with van der Waals surface area (Å²) in [7, 11) is 1.31. The van der Waals surface area contributed by atoms with Crippen molar-refractivity contribution in [3.8, 4) is 11.3 Å². The number of alkyl carbamates (subject to hydrolysis) is 1. The molecule has 3 aliphatic rings. The zero-order chi connectivity index (χ0) is 23.9.